The van der Waals surface area contributed by atoms with Crippen LogP contribution in [0, 0.1) is 0 Å². The molecule has 0 saturated carbocycles. The molecule has 1 aliphatic rings. The van der Waals surface area contributed by atoms with E-state index < -0.39 is 23.2 Å². The van der Waals surface area contributed by atoms with Crippen molar-refractivity contribution in [1.82, 2.24) is 19.9 Å². The Bertz CT molecular complexity index is 1380. The van der Waals surface area contributed by atoms with Gasteiger partial charge in [0.2, 0.25) is 5.88 Å². The van der Waals surface area contributed by atoms with Gasteiger partial charge in [0.15, 0.2) is 0 Å². The van der Waals surface area contributed by atoms with E-state index in [1.165, 1.54) is 7.11 Å². The topological polar surface area (TPSA) is 112 Å². The van der Waals surface area contributed by atoms with E-state index in [9.17, 15) is 14.7 Å². The number of aromatic amines is 2. The van der Waals surface area contributed by atoms with Gasteiger partial charge in [-0.05, 0) is 30.2 Å². The maximum absolute atomic E-state index is 12.8. The third-order valence-corrected chi connectivity index (χ3v) is 5.58. The van der Waals surface area contributed by atoms with E-state index >= 15 is 0 Å². The Morgan fingerprint density at radius 2 is 1.93 bits per heavy atom. The third kappa shape index (κ3) is 2.73. The van der Waals surface area contributed by atoms with Crippen molar-refractivity contribution in [2.24, 2.45) is 0 Å². The van der Waals surface area contributed by atoms with Gasteiger partial charge in [0.1, 0.15) is 11.3 Å². The molecule has 1 atom stereocenters. The van der Waals surface area contributed by atoms with E-state index in [0.29, 0.717) is 18.0 Å². The predicted molar refractivity (Wildman–Crippen MR) is 113 cm³/mol. The first-order valence-corrected chi connectivity index (χ1v) is 9.64. The van der Waals surface area contributed by atoms with Crippen LogP contribution in [0.5, 0.6) is 11.6 Å². The fourth-order valence-corrected chi connectivity index (χ4v) is 4.21. The number of nitrogens with one attached hydrogen (secondary N) is 3. The predicted octanol–water partition coefficient (Wildman–Crippen LogP) is 1.96. The Labute approximate surface area is 170 Å². The first kappa shape index (κ1) is 18.3. The number of ether oxygens (including phenoxy) is 1. The van der Waals surface area contributed by atoms with Crippen LogP contribution in [0.1, 0.15) is 22.9 Å². The minimum atomic E-state index is -0.720. The molecule has 1 aliphatic heterocycles. The molecule has 0 amide bonds. The molecule has 0 unspecified atom stereocenters. The lowest BCUT2D eigenvalue weighted by molar-refractivity contribution is 0.406. The number of para-hydroxylation sites is 1. The van der Waals surface area contributed by atoms with Gasteiger partial charge < -0.3 is 20.1 Å². The number of aromatic hydroxyl groups is 1. The largest absolute Gasteiger partial charge is 0.497 e. The Balaban J connectivity index is 1.73. The number of hydrogen-bond donors (Lipinski definition) is 4. The van der Waals surface area contributed by atoms with Crippen LogP contribution in [0.25, 0.3) is 16.6 Å². The summed E-state index contributed by atoms with van der Waals surface area (Å²) in [6.07, 6.45) is 0.796. The van der Waals surface area contributed by atoms with Crippen LogP contribution >= 0.6 is 0 Å². The first-order chi connectivity index (χ1) is 14.6. The van der Waals surface area contributed by atoms with Gasteiger partial charge in [-0.25, -0.2) is 9.36 Å². The molecule has 0 spiro atoms. The number of H-pyrrole nitrogens is 2. The highest BCUT2D eigenvalue weighted by molar-refractivity contribution is 5.85. The highest BCUT2D eigenvalue weighted by Crippen LogP contribution is 2.35. The minimum Gasteiger partial charge on any atom is -0.497 e. The molecule has 0 aliphatic carbocycles. The van der Waals surface area contributed by atoms with Gasteiger partial charge in [0, 0.05) is 29.2 Å². The SMILES string of the molecule is COc1cccc(-n2c(O)c([C@H]3NCCc4c3[nH]c3ccccc43)c(=O)[nH]c2=O)c1. The van der Waals surface area contributed by atoms with E-state index in [1.54, 1.807) is 24.3 Å². The quantitative estimate of drug-likeness (QED) is 0.417. The zero-order chi connectivity index (χ0) is 20.8. The van der Waals surface area contributed by atoms with Crippen LogP contribution in [0.15, 0.2) is 58.1 Å². The van der Waals surface area contributed by atoms with Gasteiger partial charge in [-0.15, -0.1) is 0 Å². The maximum Gasteiger partial charge on any atom is 0.335 e. The fraction of sp³-hybridized carbons (Fsp3) is 0.182. The number of benzene rings is 2. The van der Waals surface area contributed by atoms with Crippen molar-refractivity contribution in [3.63, 3.8) is 0 Å². The summed E-state index contributed by atoms with van der Waals surface area (Å²) < 4.78 is 6.30. The van der Waals surface area contributed by atoms with E-state index in [-0.39, 0.29) is 5.56 Å². The number of methoxy groups -OCH3 is 1. The number of nitrogens with zero attached hydrogens (tertiary/aromatic N) is 1. The number of aromatic nitrogens is 3. The standard InChI is InChI=1S/C22H20N4O4/c1-30-13-6-4-5-12(11-13)26-21(28)17(20(27)25-22(26)29)19-18-15(9-10-23-19)14-7-2-3-8-16(14)24-18/h2-8,11,19,23-24,28H,9-10H2,1H3,(H,25,27,29)/t19-/m1/s1. The van der Waals surface area contributed by atoms with Crippen molar-refractivity contribution >= 4 is 10.9 Å². The summed E-state index contributed by atoms with van der Waals surface area (Å²) in [5.74, 6) is 0.126. The highest BCUT2D eigenvalue weighted by Gasteiger charge is 2.31. The van der Waals surface area contributed by atoms with Gasteiger partial charge in [0.05, 0.1) is 18.8 Å². The Hall–Kier alpha value is -3.78. The van der Waals surface area contributed by atoms with Crippen molar-refractivity contribution in [2.75, 3.05) is 13.7 Å². The van der Waals surface area contributed by atoms with Gasteiger partial charge in [-0.2, -0.15) is 0 Å². The van der Waals surface area contributed by atoms with Crippen LogP contribution in [-0.2, 0) is 6.42 Å². The lowest BCUT2D eigenvalue weighted by Crippen LogP contribution is -2.38. The average Bonchev–Trinajstić information content (AvgIpc) is 3.13. The molecule has 0 saturated heterocycles. The molecule has 0 radical (unpaired) electrons. The number of hydrogen-bond acceptors (Lipinski definition) is 5. The van der Waals surface area contributed by atoms with E-state index in [2.05, 4.69) is 15.3 Å². The molecular formula is C22H20N4O4. The molecule has 0 fully saturated rings. The molecule has 5 rings (SSSR count). The summed E-state index contributed by atoms with van der Waals surface area (Å²) in [4.78, 5) is 31.1. The van der Waals surface area contributed by atoms with E-state index in [0.717, 1.165) is 33.1 Å². The van der Waals surface area contributed by atoms with Crippen molar-refractivity contribution in [3.8, 4) is 17.3 Å². The summed E-state index contributed by atoms with van der Waals surface area (Å²) in [7, 11) is 1.52. The molecule has 30 heavy (non-hydrogen) atoms. The van der Waals surface area contributed by atoms with Crippen LogP contribution in [0.2, 0.25) is 0 Å². The van der Waals surface area contributed by atoms with Gasteiger partial charge in [0.25, 0.3) is 5.56 Å². The summed E-state index contributed by atoms with van der Waals surface area (Å²) >= 11 is 0. The normalized spacial score (nSPS) is 15.8. The average molecular weight is 404 g/mol. The van der Waals surface area contributed by atoms with Crippen LogP contribution in [0.4, 0.5) is 0 Å². The van der Waals surface area contributed by atoms with Gasteiger partial charge in [-0.1, -0.05) is 24.3 Å². The Morgan fingerprint density at radius 3 is 2.77 bits per heavy atom. The second-order valence-corrected chi connectivity index (χ2v) is 7.23. The molecular weight excluding hydrogens is 384 g/mol. The van der Waals surface area contributed by atoms with Crippen molar-refractivity contribution in [3.05, 3.63) is 86.2 Å². The summed E-state index contributed by atoms with van der Waals surface area (Å²) in [5.41, 5.74) is 2.02. The maximum atomic E-state index is 12.8. The molecule has 152 valence electrons. The zero-order valence-electron chi connectivity index (χ0n) is 16.2. The van der Waals surface area contributed by atoms with Gasteiger partial charge >= 0.3 is 5.69 Å². The summed E-state index contributed by atoms with van der Waals surface area (Å²) in [6.45, 7) is 0.636. The van der Waals surface area contributed by atoms with Crippen molar-refractivity contribution in [1.29, 1.82) is 0 Å². The molecule has 4 N–H and O–H groups in total. The molecule has 3 heterocycles. The summed E-state index contributed by atoms with van der Waals surface area (Å²) in [6, 6.07) is 14.1. The second-order valence-electron chi connectivity index (χ2n) is 7.23. The zero-order valence-corrected chi connectivity index (χ0v) is 16.2. The smallest absolute Gasteiger partial charge is 0.335 e. The monoisotopic (exact) mass is 404 g/mol. The van der Waals surface area contributed by atoms with E-state index in [4.69, 9.17) is 4.74 Å². The van der Waals surface area contributed by atoms with Crippen LogP contribution in [-0.4, -0.2) is 33.3 Å². The molecule has 2 aromatic carbocycles. The van der Waals surface area contributed by atoms with Crippen LogP contribution < -0.4 is 21.3 Å². The van der Waals surface area contributed by atoms with Crippen LogP contribution in [0.3, 0.4) is 0 Å². The van der Waals surface area contributed by atoms with Crippen molar-refractivity contribution < 1.29 is 9.84 Å². The minimum absolute atomic E-state index is 0.0879. The van der Waals surface area contributed by atoms with E-state index in [1.807, 2.05) is 24.3 Å². The molecule has 0 bridgehead atoms. The third-order valence-electron chi connectivity index (χ3n) is 5.58. The highest BCUT2D eigenvalue weighted by atomic mass is 16.5. The number of rotatable bonds is 3. The van der Waals surface area contributed by atoms with Crippen molar-refractivity contribution in [2.45, 2.75) is 12.5 Å². The summed E-state index contributed by atoms with van der Waals surface area (Å²) in [5, 5.41) is 15.5. The lowest BCUT2D eigenvalue weighted by atomic mass is 9.95. The second kappa shape index (κ2) is 6.93. The first-order valence-electron chi connectivity index (χ1n) is 9.64. The number of fused-ring (bicyclic) bond motifs is 3. The Morgan fingerprint density at radius 1 is 1.10 bits per heavy atom. The lowest BCUT2D eigenvalue weighted by Gasteiger charge is -2.25. The molecule has 2 aromatic heterocycles. The molecule has 8 nitrogen and oxygen atoms in total. The Kier molecular flexibility index (Phi) is 4.22. The molecule has 4 aromatic rings. The molecule has 8 heteroatoms. The fourth-order valence-electron chi connectivity index (χ4n) is 4.21. The van der Waals surface area contributed by atoms with Gasteiger partial charge in [-0.3, -0.25) is 9.78 Å².